The lowest BCUT2D eigenvalue weighted by Crippen LogP contribution is -2.47. The molecule has 0 bridgehead atoms. The fourth-order valence-corrected chi connectivity index (χ4v) is 3.89. The summed E-state index contributed by atoms with van der Waals surface area (Å²) < 4.78 is 11.9. The van der Waals surface area contributed by atoms with E-state index in [9.17, 15) is 0 Å². The fraction of sp³-hybridized carbons (Fsp3) is 0.947. The van der Waals surface area contributed by atoms with Crippen LogP contribution in [-0.4, -0.2) is 63.0 Å². The molecule has 3 rings (SSSR count). The van der Waals surface area contributed by atoms with Crippen LogP contribution in [0, 0.1) is 11.3 Å². The zero-order chi connectivity index (χ0) is 17.0. The van der Waals surface area contributed by atoms with Gasteiger partial charge in [0, 0.05) is 33.3 Å². The standard InChI is InChI=1S/C19H35N3O2/c1-19(2)12-15(19)13-21-18(20-3)22-9-7-16(8-10-22)24-14-17-6-4-5-11-23-17/h15-17H,4-14H2,1-3H3,(H,20,21). The summed E-state index contributed by atoms with van der Waals surface area (Å²) in [7, 11) is 1.89. The van der Waals surface area contributed by atoms with Crippen LogP contribution in [0.3, 0.4) is 0 Å². The Morgan fingerprint density at radius 1 is 1.25 bits per heavy atom. The molecule has 0 radical (unpaired) electrons. The molecule has 0 aromatic carbocycles. The van der Waals surface area contributed by atoms with Gasteiger partial charge in [0.2, 0.25) is 0 Å². The molecule has 2 atom stereocenters. The predicted molar refractivity (Wildman–Crippen MR) is 97.4 cm³/mol. The highest BCUT2D eigenvalue weighted by Crippen LogP contribution is 2.50. The molecule has 3 aliphatic rings. The number of piperidine rings is 1. The molecule has 1 aliphatic carbocycles. The maximum Gasteiger partial charge on any atom is 0.193 e. The van der Waals surface area contributed by atoms with Gasteiger partial charge in [0.25, 0.3) is 0 Å². The maximum absolute atomic E-state index is 6.11. The summed E-state index contributed by atoms with van der Waals surface area (Å²) in [5, 5.41) is 3.57. The average molecular weight is 338 g/mol. The van der Waals surface area contributed by atoms with Crippen LogP contribution in [0.4, 0.5) is 0 Å². The van der Waals surface area contributed by atoms with E-state index in [1.54, 1.807) is 0 Å². The van der Waals surface area contributed by atoms with Gasteiger partial charge in [-0.2, -0.15) is 0 Å². The van der Waals surface area contributed by atoms with E-state index in [0.717, 1.165) is 64.0 Å². The van der Waals surface area contributed by atoms with Crippen LogP contribution in [-0.2, 0) is 9.47 Å². The minimum Gasteiger partial charge on any atom is -0.376 e. The molecule has 2 unspecified atom stereocenters. The summed E-state index contributed by atoms with van der Waals surface area (Å²) in [6, 6.07) is 0. The van der Waals surface area contributed by atoms with Crippen LogP contribution < -0.4 is 5.32 Å². The quantitative estimate of drug-likeness (QED) is 0.619. The van der Waals surface area contributed by atoms with Gasteiger partial charge in [-0.15, -0.1) is 0 Å². The first-order valence-electron chi connectivity index (χ1n) is 9.77. The molecule has 0 amide bonds. The molecule has 138 valence electrons. The van der Waals surface area contributed by atoms with Gasteiger partial charge < -0.3 is 19.7 Å². The van der Waals surface area contributed by atoms with Gasteiger partial charge in [-0.25, -0.2) is 0 Å². The number of hydrogen-bond acceptors (Lipinski definition) is 3. The lowest BCUT2D eigenvalue weighted by atomic mass is 10.1. The van der Waals surface area contributed by atoms with E-state index in [1.807, 2.05) is 7.05 Å². The number of nitrogens with zero attached hydrogens (tertiary/aromatic N) is 2. The highest BCUT2D eigenvalue weighted by molar-refractivity contribution is 5.80. The van der Waals surface area contributed by atoms with Crippen LogP contribution in [0.1, 0.15) is 52.4 Å². The number of nitrogens with one attached hydrogen (secondary N) is 1. The number of likely N-dealkylation sites (tertiary alicyclic amines) is 1. The van der Waals surface area contributed by atoms with Crippen molar-refractivity contribution in [2.24, 2.45) is 16.3 Å². The second-order valence-electron chi connectivity index (χ2n) is 8.33. The average Bonchev–Trinajstić information content (AvgIpc) is 3.22. The molecule has 5 nitrogen and oxygen atoms in total. The highest BCUT2D eigenvalue weighted by Gasteiger charge is 2.45. The minimum atomic E-state index is 0.327. The number of rotatable bonds is 5. The van der Waals surface area contributed by atoms with E-state index in [-0.39, 0.29) is 0 Å². The number of guanidine groups is 1. The van der Waals surface area contributed by atoms with Crippen molar-refractivity contribution in [1.82, 2.24) is 10.2 Å². The second kappa shape index (κ2) is 8.05. The highest BCUT2D eigenvalue weighted by atomic mass is 16.5. The summed E-state index contributed by atoms with van der Waals surface area (Å²) >= 11 is 0. The van der Waals surface area contributed by atoms with Crippen molar-refractivity contribution in [3.05, 3.63) is 0 Å². The number of aliphatic imine (C=N–C) groups is 1. The van der Waals surface area contributed by atoms with Gasteiger partial charge in [0.15, 0.2) is 5.96 Å². The molecular formula is C19H35N3O2. The molecule has 2 aliphatic heterocycles. The summed E-state index contributed by atoms with van der Waals surface area (Å²) in [5.74, 6) is 1.86. The minimum absolute atomic E-state index is 0.327. The van der Waals surface area contributed by atoms with E-state index in [1.165, 1.54) is 19.3 Å². The third-order valence-electron chi connectivity index (χ3n) is 5.97. The first kappa shape index (κ1) is 18.0. The normalized spacial score (nSPS) is 31.1. The van der Waals surface area contributed by atoms with Crippen molar-refractivity contribution in [1.29, 1.82) is 0 Å². The van der Waals surface area contributed by atoms with E-state index >= 15 is 0 Å². The molecule has 2 heterocycles. The molecule has 1 N–H and O–H groups in total. The molecule has 0 aromatic rings. The van der Waals surface area contributed by atoms with Gasteiger partial charge in [-0.1, -0.05) is 13.8 Å². The Morgan fingerprint density at radius 3 is 2.58 bits per heavy atom. The van der Waals surface area contributed by atoms with Gasteiger partial charge in [0.05, 0.1) is 18.8 Å². The smallest absolute Gasteiger partial charge is 0.193 e. The van der Waals surface area contributed by atoms with Crippen molar-refractivity contribution in [3.8, 4) is 0 Å². The maximum atomic E-state index is 6.11. The van der Waals surface area contributed by atoms with Gasteiger partial charge in [-0.3, -0.25) is 4.99 Å². The Morgan fingerprint density at radius 2 is 2.00 bits per heavy atom. The van der Waals surface area contributed by atoms with Crippen LogP contribution in [0.2, 0.25) is 0 Å². The second-order valence-corrected chi connectivity index (χ2v) is 8.33. The van der Waals surface area contributed by atoms with E-state index in [4.69, 9.17) is 9.47 Å². The SMILES string of the molecule is CN=C(NCC1CC1(C)C)N1CCC(OCC2CCCCO2)CC1. The summed E-state index contributed by atoms with van der Waals surface area (Å²) in [6.07, 6.45) is 7.86. The van der Waals surface area contributed by atoms with E-state index < -0.39 is 0 Å². The molecule has 0 aromatic heterocycles. The van der Waals surface area contributed by atoms with Crippen molar-refractivity contribution in [2.75, 3.05) is 39.9 Å². The molecule has 0 spiro atoms. The Labute approximate surface area is 147 Å². The third kappa shape index (κ3) is 4.85. The monoisotopic (exact) mass is 337 g/mol. The molecule has 24 heavy (non-hydrogen) atoms. The van der Waals surface area contributed by atoms with Gasteiger partial charge in [0.1, 0.15) is 0 Å². The van der Waals surface area contributed by atoms with Crippen molar-refractivity contribution in [3.63, 3.8) is 0 Å². The van der Waals surface area contributed by atoms with Crippen LogP contribution >= 0.6 is 0 Å². The first-order chi connectivity index (χ1) is 11.6. The number of ether oxygens (including phenoxy) is 2. The zero-order valence-electron chi connectivity index (χ0n) is 15.7. The Hall–Kier alpha value is -0.810. The topological polar surface area (TPSA) is 46.1 Å². The largest absolute Gasteiger partial charge is 0.376 e. The third-order valence-corrected chi connectivity index (χ3v) is 5.97. The van der Waals surface area contributed by atoms with Gasteiger partial charge >= 0.3 is 0 Å². The lowest BCUT2D eigenvalue weighted by molar-refractivity contribution is -0.0721. The predicted octanol–water partition coefficient (Wildman–Crippen LogP) is 2.66. The lowest BCUT2D eigenvalue weighted by Gasteiger charge is -2.35. The van der Waals surface area contributed by atoms with Crippen LogP contribution in [0.5, 0.6) is 0 Å². The summed E-state index contributed by atoms with van der Waals surface area (Å²) in [6.45, 7) is 9.49. The zero-order valence-corrected chi connectivity index (χ0v) is 15.7. The van der Waals surface area contributed by atoms with Crippen molar-refractivity contribution < 1.29 is 9.47 Å². The number of hydrogen-bond donors (Lipinski definition) is 1. The molecule has 3 fully saturated rings. The van der Waals surface area contributed by atoms with Gasteiger partial charge in [-0.05, 0) is 49.9 Å². The van der Waals surface area contributed by atoms with Crippen molar-refractivity contribution in [2.45, 2.75) is 64.6 Å². The van der Waals surface area contributed by atoms with E-state index in [0.29, 0.717) is 17.6 Å². The van der Waals surface area contributed by atoms with E-state index in [2.05, 4.69) is 29.1 Å². The first-order valence-corrected chi connectivity index (χ1v) is 9.77. The van der Waals surface area contributed by atoms with Crippen molar-refractivity contribution >= 4 is 5.96 Å². The Bertz CT molecular complexity index is 424. The molecule has 2 saturated heterocycles. The molecule has 5 heteroatoms. The Balaban J connectivity index is 1.34. The van der Waals surface area contributed by atoms with Crippen LogP contribution in [0.25, 0.3) is 0 Å². The Kier molecular flexibility index (Phi) is 6.03. The fourth-order valence-electron chi connectivity index (χ4n) is 3.89. The summed E-state index contributed by atoms with van der Waals surface area (Å²) in [4.78, 5) is 6.86. The van der Waals surface area contributed by atoms with Crippen LogP contribution in [0.15, 0.2) is 4.99 Å². The molecule has 1 saturated carbocycles. The molecular weight excluding hydrogens is 302 g/mol. The summed E-state index contributed by atoms with van der Waals surface area (Å²) in [5.41, 5.74) is 0.522.